The molecule has 1 aliphatic carbocycles. The second-order valence-electron chi connectivity index (χ2n) is 5.45. The van der Waals surface area contributed by atoms with Crippen molar-refractivity contribution >= 4 is 11.6 Å². The SMILES string of the molecule is CNC(CCc1c(Cl)c(C)nn1C)C1CCCC1. The maximum Gasteiger partial charge on any atom is 0.0846 e. The molecule has 2 rings (SSSR count). The van der Waals surface area contributed by atoms with Gasteiger partial charge >= 0.3 is 0 Å². The van der Waals surface area contributed by atoms with Gasteiger partial charge in [0, 0.05) is 13.1 Å². The molecule has 0 saturated heterocycles. The number of nitrogens with zero attached hydrogens (tertiary/aromatic N) is 2. The first-order chi connectivity index (χ1) is 8.63. The number of hydrogen-bond acceptors (Lipinski definition) is 2. The number of aromatic nitrogens is 2. The second kappa shape index (κ2) is 6.07. The number of rotatable bonds is 5. The maximum atomic E-state index is 6.30. The van der Waals surface area contributed by atoms with Crippen LogP contribution >= 0.6 is 11.6 Å². The van der Waals surface area contributed by atoms with Crippen LogP contribution in [0.5, 0.6) is 0 Å². The van der Waals surface area contributed by atoms with Gasteiger partial charge in [-0.1, -0.05) is 24.4 Å². The summed E-state index contributed by atoms with van der Waals surface area (Å²) in [5, 5.41) is 8.71. The highest BCUT2D eigenvalue weighted by atomic mass is 35.5. The zero-order valence-corrected chi connectivity index (χ0v) is 12.4. The van der Waals surface area contributed by atoms with Crippen LogP contribution in [0.25, 0.3) is 0 Å². The van der Waals surface area contributed by atoms with Crippen LogP contribution in [0.3, 0.4) is 0 Å². The minimum absolute atomic E-state index is 0.624. The number of nitrogens with one attached hydrogen (secondary N) is 1. The molecule has 1 atom stereocenters. The molecule has 1 unspecified atom stereocenters. The van der Waals surface area contributed by atoms with Crippen molar-refractivity contribution in [2.45, 2.75) is 51.5 Å². The number of aryl methyl sites for hydroxylation is 2. The molecule has 1 aliphatic rings. The molecule has 0 spiro atoms. The molecule has 0 aliphatic heterocycles. The van der Waals surface area contributed by atoms with E-state index in [1.807, 2.05) is 18.7 Å². The van der Waals surface area contributed by atoms with Gasteiger partial charge in [-0.15, -0.1) is 0 Å². The zero-order valence-electron chi connectivity index (χ0n) is 11.7. The molecule has 0 amide bonds. The quantitative estimate of drug-likeness (QED) is 0.890. The van der Waals surface area contributed by atoms with E-state index in [2.05, 4.69) is 17.5 Å². The third kappa shape index (κ3) is 2.89. The van der Waals surface area contributed by atoms with Crippen LogP contribution in [-0.2, 0) is 13.5 Å². The standard InChI is InChI=1S/C14H24ClN3/c1-10-14(15)13(18(3)17-10)9-8-12(16-2)11-6-4-5-7-11/h11-12,16H,4-9H2,1-3H3. The molecule has 1 heterocycles. The highest BCUT2D eigenvalue weighted by Crippen LogP contribution is 2.30. The van der Waals surface area contributed by atoms with Gasteiger partial charge in [0.1, 0.15) is 0 Å². The van der Waals surface area contributed by atoms with Crippen molar-refractivity contribution in [1.29, 1.82) is 0 Å². The molecule has 1 saturated carbocycles. The van der Waals surface area contributed by atoms with Gasteiger partial charge < -0.3 is 5.32 Å². The summed E-state index contributed by atoms with van der Waals surface area (Å²) in [4.78, 5) is 0. The van der Waals surface area contributed by atoms with Gasteiger partial charge in [0.05, 0.1) is 16.4 Å². The molecular formula is C14H24ClN3. The van der Waals surface area contributed by atoms with E-state index >= 15 is 0 Å². The van der Waals surface area contributed by atoms with Crippen LogP contribution in [0, 0.1) is 12.8 Å². The molecule has 0 bridgehead atoms. The van der Waals surface area contributed by atoms with Crippen LogP contribution < -0.4 is 5.32 Å². The second-order valence-corrected chi connectivity index (χ2v) is 5.83. The molecule has 1 N–H and O–H groups in total. The van der Waals surface area contributed by atoms with Gasteiger partial charge in [0.2, 0.25) is 0 Å². The van der Waals surface area contributed by atoms with Crippen molar-refractivity contribution in [2.24, 2.45) is 13.0 Å². The summed E-state index contributed by atoms with van der Waals surface area (Å²) in [6.45, 7) is 1.97. The Labute approximate surface area is 115 Å². The fourth-order valence-electron chi connectivity index (χ4n) is 3.22. The van der Waals surface area contributed by atoms with E-state index in [9.17, 15) is 0 Å². The van der Waals surface area contributed by atoms with E-state index in [1.54, 1.807) is 0 Å². The van der Waals surface area contributed by atoms with E-state index in [0.29, 0.717) is 6.04 Å². The lowest BCUT2D eigenvalue weighted by molar-refractivity contribution is 0.357. The summed E-state index contributed by atoms with van der Waals surface area (Å²) in [5.74, 6) is 0.850. The van der Waals surface area contributed by atoms with Gasteiger partial charge in [0.15, 0.2) is 0 Å². The summed E-state index contributed by atoms with van der Waals surface area (Å²) < 4.78 is 1.93. The fraction of sp³-hybridized carbons (Fsp3) is 0.786. The van der Waals surface area contributed by atoms with Crippen molar-refractivity contribution in [1.82, 2.24) is 15.1 Å². The van der Waals surface area contributed by atoms with Gasteiger partial charge in [-0.3, -0.25) is 4.68 Å². The Hall–Kier alpha value is -0.540. The van der Waals surface area contributed by atoms with Crippen LogP contribution in [0.4, 0.5) is 0 Å². The Morgan fingerprint density at radius 3 is 2.61 bits per heavy atom. The Morgan fingerprint density at radius 2 is 2.11 bits per heavy atom. The molecular weight excluding hydrogens is 246 g/mol. The van der Waals surface area contributed by atoms with Crippen LogP contribution in [0.15, 0.2) is 0 Å². The lowest BCUT2D eigenvalue weighted by atomic mass is 9.93. The molecule has 4 heteroatoms. The first kappa shape index (κ1) is 13.9. The van der Waals surface area contributed by atoms with E-state index in [4.69, 9.17) is 11.6 Å². The van der Waals surface area contributed by atoms with Crippen LogP contribution in [0.2, 0.25) is 5.02 Å². The van der Waals surface area contributed by atoms with Crippen molar-refractivity contribution in [3.8, 4) is 0 Å². The van der Waals surface area contributed by atoms with E-state index in [1.165, 1.54) is 31.4 Å². The predicted octanol–water partition coefficient (Wildman–Crippen LogP) is 3.09. The lowest BCUT2D eigenvalue weighted by Crippen LogP contribution is -2.32. The summed E-state index contributed by atoms with van der Waals surface area (Å²) in [6.07, 6.45) is 7.72. The first-order valence-corrected chi connectivity index (χ1v) is 7.36. The summed E-state index contributed by atoms with van der Waals surface area (Å²) in [7, 11) is 4.07. The third-order valence-electron chi connectivity index (χ3n) is 4.29. The molecule has 1 aromatic heterocycles. The number of halogens is 1. The zero-order chi connectivity index (χ0) is 13.1. The molecule has 0 aromatic carbocycles. The van der Waals surface area contributed by atoms with E-state index in [0.717, 1.165) is 29.5 Å². The largest absolute Gasteiger partial charge is 0.317 e. The smallest absolute Gasteiger partial charge is 0.0846 e. The monoisotopic (exact) mass is 269 g/mol. The molecule has 18 heavy (non-hydrogen) atoms. The van der Waals surface area contributed by atoms with Gasteiger partial charge in [0.25, 0.3) is 0 Å². The maximum absolute atomic E-state index is 6.30. The molecule has 3 nitrogen and oxygen atoms in total. The van der Waals surface area contributed by atoms with E-state index in [-0.39, 0.29) is 0 Å². The first-order valence-electron chi connectivity index (χ1n) is 6.98. The molecule has 1 fully saturated rings. The van der Waals surface area contributed by atoms with Crippen molar-refractivity contribution < 1.29 is 0 Å². The topological polar surface area (TPSA) is 29.9 Å². The van der Waals surface area contributed by atoms with Crippen molar-refractivity contribution in [3.05, 3.63) is 16.4 Å². The average Bonchev–Trinajstić information content (AvgIpc) is 2.94. The normalized spacial score (nSPS) is 18.4. The molecule has 102 valence electrons. The average molecular weight is 270 g/mol. The molecule has 1 aromatic rings. The Morgan fingerprint density at radius 1 is 1.44 bits per heavy atom. The summed E-state index contributed by atoms with van der Waals surface area (Å²) >= 11 is 6.30. The summed E-state index contributed by atoms with van der Waals surface area (Å²) in [6, 6.07) is 0.624. The predicted molar refractivity (Wildman–Crippen MR) is 76.1 cm³/mol. The van der Waals surface area contributed by atoms with Crippen LogP contribution in [-0.4, -0.2) is 22.9 Å². The Bertz CT molecular complexity index is 394. The van der Waals surface area contributed by atoms with E-state index < -0.39 is 0 Å². The minimum atomic E-state index is 0.624. The van der Waals surface area contributed by atoms with Gasteiger partial charge in [-0.2, -0.15) is 5.10 Å². The molecule has 0 radical (unpaired) electrons. The van der Waals surface area contributed by atoms with Crippen molar-refractivity contribution in [3.63, 3.8) is 0 Å². The Balaban J connectivity index is 1.96. The van der Waals surface area contributed by atoms with Crippen LogP contribution in [0.1, 0.15) is 43.5 Å². The Kier molecular flexibility index (Phi) is 4.68. The van der Waals surface area contributed by atoms with Gasteiger partial charge in [-0.05, 0) is 45.6 Å². The fourth-order valence-corrected chi connectivity index (χ4v) is 3.47. The summed E-state index contributed by atoms with van der Waals surface area (Å²) in [5.41, 5.74) is 2.11. The lowest BCUT2D eigenvalue weighted by Gasteiger charge is -2.22. The highest BCUT2D eigenvalue weighted by Gasteiger charge is 2.24. The van der Waals surface area contributed by atoms with Gasteiger partial charge in [-0.25, -0.2) is 0 Å². The van der Waals surface area contributed by atoms with Crippen molar-refractivity contribution in [2.75, 3.05) is 7.05 Å². The third-order valence-corrected chi connectivity index (χ3v) is 4.79. The number of hydrogen-bond donors (Lipinski definition) is 1. The highest BCUT2D eigenvalue weighted by molar-refractivity contribution is 6.31. The minimum Gasteiger partial charge on any atom is -0.317 e.